The van der Waals surface area contributed by atoms with Gasteiger partial charge in [-0.3, -0.25) is 15.1 Å². The van der Waals surface area contributed by atoms with Crippen LogP contribution in [-0.2, 0) is 4.79 Å². The van der Waals surface area contributed by atoms with Crippen LogP contribution in [0.1, 0.15) is 50.5 Å². The number of aryl methyl sites for hydroxylation is 1. The van der Waals surface area contributed by atoms with Gasteiger partial charge in [0.2, 0.25) is 5.91 Å². The summed E-state index contributed by atoms with van der Waals surface area (Å²) in [5, 5.41) is 3.55. The number of nitrogens with zero attached hydrogens (tertiary/aromatic N) is 2. The summed E-state index contributed by atoms with van der Waals surface area (Å²) < 4.78 is 20.4. The third-order valence-electron chi connectivity index (χ3n) is 5.89. The Kier molecular flexibility index (Phi) is 5.07. The third-order valence-corrected chi connectivity index (χ3v) is 5.89. The summed E-state index contributed by atoms with van der Waals surface area (Å²) in [6.45, 7) is 6.58. The molecule has 1 amide bonds. The average molecular weight is 397 g/mol. The van der Waals surface area contributed by atoms with Crippen LogP contribution >= 0.6 is 0 Å². The number of amides is 1. The van der Waals surface area contributed by atoms with Crippen molar-refractivity contribution in [1.29, 1.82) is 0 Å². The molecule has 4 rings (SSSR count). The summed E-state index contributed by atoms with van der Waals surface area (Å²) >= 11 is 0. The van der Waals surface area contributed by atoms with Gasteiger partial charge >= 0.3 is 0 Å². The molecule has 0 radical (unpaired) electrons. The highest BCUT2D eigenvalue weighted by Crippen LogP contribution is 2.39. The van der Waals surface area contributed by atoms with Gasteiger partial charge in [0.1, 0.15) is 17.1 Å². The zero-order valence-corrected chi connectivity index (χ0v) is 17.5. The summed E-state index contributed by atoms with van der Waals surface area (Å²) in [5.41, 5.74) is 2.48. The van der Waals surface area contributed by atoms with E-state index in [4.69, 9.17) is 9.72 Å². The summed E-state index contributed by atoms with van der Waals surface area (Å²) in [7, 11) is 1.85. The molecule has 1 aromatic carbocycles. The molecule has 2 aliphatic rings. The van der Waals surface area contributed by atoms with Crippen molar-refractivity contribution in [2.45, 2.75) is 57.7 Å². The predicted molar refractivity (Wildman–Crippen MR) is 110 cm³/mol. The number of carbonyl (C=O) groups excluding carboxylic acids is 1. The lowest BCUT2D eigenvalue weighted by Crippen LogP contribution is -2.47. The molecule has 0 unspecified atom stereocenters. The Balaban J connectivity index is 1.65. The minimum absolute atomic E-state index is 0.0118. The first kappa shape index (κ1) is 19.8. The number of carbonyl (C=O) groups is 1. The minimum Gasteiger partial charge on any atom is -0.491 e. The van der Waals surface area contributed by atoms with Gasteiger partial charge in [0.15, 0.2) is 0 Å². The maximum absolute atomic E-state index is 14.6. The van der Waals surface area contributed by atoms with Gasteiger partial charge in [-0.1, -0.05) is 0 Å². The van der Waals surface area contributed by atoms with Crippen molar-refractivity contribution in [2.75, 3.05) is 13.6 Å². The summed E-state index contributed by atoms with van der Waals surface area (Å²) in [5.74, 6) is 0.517. The fourth-order valence-corrected chi connectivity index (χ4v) is 4.49. The van der Waals surface area contributed by atoms with E-state index in [1.165, 1.54) is 6.07 Å². The van der Waals surface area contributed by atoms with E-state index in [1.54, 1.807) is 17.0 Å². The summed E-state index contributed by atoms with van der Waals surface area (Å²) in [4.78, 5) is 19.1. The molecule has 1 N–H and O–H groups in total. The van der Waals surface area contributed by atoms with Gasteiger partial charge in [-0.25, -0.2) is 4.39 Å². The van der Waals surface area contributed by atoms with Crippen LogP contribution in [0.3, 0.4) is 0 Å². The molecule has 0 bridgehead atoms. The van der Waals surface area contributed by atoms with Crippen LogP contribution < -0.4 is 10.1 Å². The van der Waals surface area contributed by atoms with E-state index in [1.807, 2.05) is 40.0 Å². The molecule has 1 spiro atoms. The van der Waals surface area contributed by atoms with Crippen molar-refractivity contribution in [1.82, 2.24) is 15.2 Å². The fraction of sp³-hybridized carbons (Fsp3) is 0.478. The second kappa shape index (κ2) is 7.41. The van der Waals surface area contributed by atoms with Crippen LogP contribution in [0.25, 0.3) is 11.1 Å². The van der Waals surface area contributed by atoms with Crippen molar-refractivity contribution in [3.63, 3.8) is 0 Å². The van der Waals surface area contributed by atoms with Crippen LogP contribution in [0.2, 0.25) is 0 Å². The van der Waals surface area contributed by atoms with Gasteiger partial charge in [-0.05, 0) is 75.9 Å². The molecule has 2 aromatic rings. The standard InChI is InChI=1S/C23H28FN3O2/c1-14(2)29-17-5-6-19(24)18(13-17)16-11-15(3)25-21(12-16)20-7-8-23(26-20)9-10-27(4)22(23)28/h5-6,11-14,20,26H,7-10H2,1-4H3/t20-,23+/m1/s1. The Morgan fingerprint density at radius 1 is 1.28 bits per heavy atom. The number of hydrogen-bond donors (Lipinski definition) is 1. The lowest BCUT2D eigenvalue weighted by atomic mass is 9.96. The number of ether oxygens (including phenoxy) is 1. The monoisotopic (exact) mass is 397 g/mol. The first-order chi connectivity index (χ1) is 13.8. The van der Waals surface area contributed by atoms with E-state index in [2.05, 4.69) is 5.32 Å². The Labute approximate surface area is 171 Å². The van der Waals surface area contributed by atoms with Gasteiger partial charge in [-0.2, -0.15) is 0 Å². The Morgan fingerprint density at radius 3 is 2.76 bits per heavy atom. The molecule has 154 valence electrons. The summed E-state index contributed by atoms with van der Waals surface area (Å²) in [6, 6.07) is 8.65. The van der Waals surface area contributed by atoms with Gasteiger partial charge < -0.3 is 9.64 Å². The topological polar surface area (TPSA) is 54.5 Å². The molecule has 1 aromatic heterocycles. The molecule has 6 heteroatoms. The number of benzene rings is 1. The zero-order chi connectivity index (χ0) is 20.8. The van der Waals surface area contributed by atoms with Crippen molar-refractivity contribution >= 4 is 5.91 Å². The first-order valence-corrected chi connectivity index (χ1v) is 10.3. The largest absolute Gasteiger partial charge is 0.491 e. The van der Waals surface area contributed by atoms with Crippen LogP contribution in [0.5, 0.6) is 5.75 Å². The Morgan fingerprint density at radius 2 is 2.07 bits per heavy atom. The number of pyridine rings is 1. The van der Waals surface area contributed by atoms with Crippen molar-refractivity contribution in [3.05, 3.63) is 47.5 Å². The Hall–Kier alpha value is -2.47. The average Bonchev–Trinajstić information content (AvgIpc) is 3.22. The molecule has 2 aliphatic heterocycles. The molecule has 0 aliphatic carbocycles. The second-order valence-electron chi connectivity index (χ2n) is 8.52. The number of nitrogens with one attached hydrogen (secondary N) is 1. The van der Waals surface area contributed by atoms with E-state index in [-0.39, 0.29) is 23.9 Å². The quantitative estimate of drug-likeness (QED) is 0.847. The predicted octanol–water partition coefficient (Wildman–Crippen LogP) is 4.01. The normalized spacial score (nSPS) is 24.1. The lowest BCUT2D eigenvalue weighted by Gasteiger charge is -2.23. The molecular formula is C23H28FN3O2. The lowest BCUT2D eigenvalue weighted by molar-refractivity contribution is -0.131. The highest BCUT2D eigenvalue weighted by atomic mass is 19.1. The summed E-state index contributed by atoms with van der Waals surface area (Å²) in [6.07, 6.45) is 2.48. The third kappa shape index (κ3) is 3.73. The molecule has 0 saturated carbocycles. The number of rotatable bonds is 4. The van der Waals surface area contributed by atoms with Gasteiger partial charge in [0.05, 0.1) is 17.8 Å². The maximum Gasteiger partial charge on any atom is 0.242 e. The number of hydrogen-bond acceptors (Lipinski definition) is 4. The Bertz CT molecular complexity index is 946. The molecular weight excluding hydrogens is 369 g/mol. The number of aromatic nitrogens is 1. The smallest absolute Gasteiger partial charge is 0.242 e. The zero-order valence-electron chi connectivity index (χ0n) is 17.5. The molecule has 2 saturated heterocycles. The molecule has 3 heterocycles. The molecule has 5 nitrogen and oxygen atoms in total. The highest BCUT2D eigenvalue weighted by molar-refractivity contribution is 5.88. The number of likely N-dealkylation sites (tertiary alicyclic amines) is 1. The van der Waals surface area contributed by atoms with Gasteiger partial charge in [0, 0.05) is 24.8 Å². The number of likely N-dealkylation sites (N-methyl/N-ethyl adjacent to an activating group) is 1. The molecule has 2 atom stereocenters. The van der Waals surface area contributed by atoms with Crippen molar-refractivity contribution < 1.29 is 13.9 Å². The van der Waals surface area contributed by atoms with E-state index < -0.39 is 5.54 Å². The minimum atomic E-state index is -0.471. The highest BCUT2D eigenvalue weighted by Gasteiger charge is 2.50. The van der Waals surface area contributed by atoms with Crippen LogP contribution in [-0.4, -0.2) is 41.0 Å². The van der Waals surface area contributed by atoms with Gasteiger partial charge in [0.25, 0.3) is 0 Å². The maximum atomic E-state index is 14.6. The first-order valence-electron chi connectivity index (χ1n) is 10.3. The fourth-order valence-electron chi connectivity index (χ4n) is 4.49. The van der Waals surface area contributed by atoms with Crippen molar-refractivity contribution in [3.8, 4) is 16.9 Å². The van der Waals surface area contributed by atoms with E-state index in [0.717, 1.165) is 42.8 Å². The van der Waals surface area contributed by atoms with Crippen molar-refractivity contribution in [2.24, 2.45) is 0 Å². The SMILES string of the molecule is Cc1cc(-c2cc(OC(C)C)ccc2F)cc([C@H]2CC[C@@]3(CCN(C)C3=O)N2)n1. The molecule has 29 heavy (non-hydrogen) atoms. The second-order valence-corrected chi connectivity index (χ2v) is 8.52. The van der Waals surface area contributed by atoms with Crippen LogP contribution in [0, 0.1) is 12.7 Å². The van der Waals surface area contributed by atoms with Gasteiger partial charge in [-0.15, -0.1) is 0 Å². The molecule has 2 fully saturated rings. The number of halogens is 1. The van der Waals surface area contributed by atoms with E-state index in [9.17, 15) is 9.18 Å². The van der Waals surface area contributed by atoms with Crippen LogP contribution in [0.15, 0.2) is 30.3 Å². The van der Waals surface area contributed by atoms with E-state index >= 15 is 0 Å². The van der Waals surface area contributed by atoms with Crippen LogP contribution in [0.4, 0.5) is 4.39 Å². The van der Waals surface area contributed by atoms with E-state index in [0.29, 0.717) is 11.3 Å².